The summed E-state index contributed by atoms with van der Waals surface area (Å²) in [4.78, 5) is 23.7. The SMILES string of the molecule is NC(=O)CN1Cc2ccccc2C[C@H]1C(=O)O. The van der Waals surface area contributed by atoms with Gasteiger partial charge in [-0.25, -0.2) is 0 Å². The van der Waals surface area contributed by atoms with Gasteiger partial charge in [0, 0.05) is 6.54 Å². The van der Waals surface area contributed by atoms with Crippen molar-refractivity contribution in [1.29, 1.82) is 0 Å². The molecule has 90 valence electrons. The minimum absolute atomic E-state index is 0.0225. The monoisotopic (exact) mass is 234 g/mol. The van der Waals surface area contributed by atoms with Crippen molar-refractivity contribution in [3.8, 4) is 0 Å². The van der Waals surface area contributed by atoms with Gasteiger partial charge in [0.1, 0.15) is 6.04 Å². The van der Waals surface area contributed by atoms with Gasteiger partial charge in [0.2, 0.25) is 5.91 Å². The molecule has 1 aromatic rings. The van der Waals surface area contributed by atoms with E-state index in [1.165, 1.54) is 0 Å². The van der Waals surface area contributed by atoms with E-state index in [9.17, 15) is 9.59 Å². The van der Waals surface area contributed by atoms with E-state index in [4.69, 9.17) is 10.8 Å². The summed E-state index contributed by atoms with van der Waals surface area (Å²) in [5.74, 6) is -1.42. The molecule has 0 aromatic heterocycles. The molecule has 0 spiro atoms. The van der Waals surface area contributed by atoms with Crippen molar-refractivity contribution in [3.05, 3.63) is 35.4 Å². The van der Waals surface area contributed by atoms with E-state index in [-0.39, 0.29) is 6.54 Å². The number of nitrogens with zero attached hydrogens (tertiary/aromatic N) is 1. The lowest BCUT2D eigenvalue weighted by atomic mass is 9.94. The van der Waals surface area contributed by atoms with Crippen molar-refractivity contribution in [2.75, 3.05) is 6.54 Å². The number of carbonyl (C=O) groups is 2. The molecule has 1 amide bonds. The standard InChI is InChI=1S/C12H14N2O3/c13-11(15)7-14-6-9-4-2-1-3-8(9)5-10(14)12(16)17/h1-4,10H,5-7H2,(H2,13,15)(H,16,17)/t10-/m0/s1. The highest BCUT2D eigenvalue weighted by Crippen LogP contribution is 2.22. The predicted molar refractivity (Wildman–Crippen MR) is 61.2 cm³/mol. The van der Waals surface area contributed by atoms with Crippen molar-refractivity contribution in [3.63, 3.8) is 0 Å². The third kappa shape index (κ3) is 2.45. The van der Waals surface area contributed by atoms with Crippen LogP contribution in [-0.4, -0.2) is 34.5 Å². The number of hydrogen-bond acceptors (Lipinski definition) is 3. The van der Waals surface area contributed by atoms with Crippen LogP contribution >= 0.6 is 0 Å². The smallest absolute Gasteiger partial charge is 0.321 e. The summed E-state index contributed by atoms with van der Waals surface area (Å²) in [6.07, 6.45) is 0.415. The summed E-state index contributed by atoms with van der Waals surface area (Å²) >= 11 is 0. The third-order valence-electron chi connectivity index (χ3n) is 2.99. The molecule has 5 heteroatoms. The van der Waals surface area contributed by atoms with Gasteiger partial charge in [0.25, 0.3) is 0 Å². The van der Waals surface area contributed by atoms with Crippen molar-refractivity contribution < 1.29 is 14.7 Å². The lowest BCUT2D eigenvalue weighted by Crippen LogP contribution is -2.48. The van der Waals surface area contributed by atoms with E-state index in [1.54, 1.807) is 4.90 Å². The summed E-state index contributed by atoms with van der Waals surface area (Å²) in [6, 6.07) is 7.00. The minimum atomic E-state index is -0.916. The normalized spacial score (nSPS) is 19.6. The minimum Gasteiger partial charge on any atom is -0.480 e. The maximum Gasteiger partial charge on any atom is 0.321 e. The van der Waals surface area contributed by atoms with Gasteiger partial charge in [-0.05, 0) is 17.5 Å². The Bertz CT molecular complexity index is 459. The molecule has 1 aromatic carbocycles. The number of rotatable bonds is 3. The molecule has 0 saturated heterocycles. The lowest BCUT2D eigenvalue weighted by molar-refractivity contribution is -0.144. The molecule has 1 heterocycles. The molecule has 0 radical (unpaired) electrons. The average molecular weight is 234 g/mol. The number of carboxylic acid groups (broad SMARTS) is 1. The van der Waals surface area contributed by atoms with Crippen LogP contribution in [0.4, 0.5) is 0 Å². The fourth-order valence-electron chi connectivity index (χ4n) is 2.19. The Hall–Kier alpha value is -1.88. The third-order valence-corrected chi connectivity index (χ3v) is 2.99. The first-order valence-electron chi connectivity index (χ1n) is 5.40. The molecular formula is C12H14N2O3. The van der Waals surface area contributed by atoms with Gasteiger partial charge in [-0.15, -0.1) is 0 Å². The average Bonchev–Trinajstić information content (AvgIpc) is 2.27. The van der Waals surface area contributed by atoms with E-state index in [2.05, 4.69) is 0 Å². The molecule has 1 aliphatic heterocycles. The van der Waals surface area contributed by atoms with E-state index in [0.29, 0.717) is 13.0 Å². The van der Waals surface area contributed by atoms with Gasteiger partial charge in [0.05, 0.1) is 6.54 Å². The Labute approximate surface area is 98.8 Å². The van der Waals surface area contributed by atoms with Gasteiger partial charge in [0.15, 0.2) is 0 Å². The fourth-order valence-corrected chi connectivity index (χ4v) is 2.19. The molecule has 5 nitrogen and oxygen atoms in total. The molecule has 0 aliphatic carbocycles. The first-order valence-corrected chi connectivity index (χ1v) is 5.40. The van der Waals surface area contributed by atoms with E-state index >= 15 is 0 Å². The van der Waals surface area contributed by atoms with Crippen molar-refractivity contribution in [1.82, 2.24) is 4.90 Å². The highest BCUT2D eigenvalue weighted by molar-refractivity contribution is 5.79. The molecule has 17 heavy (non-hydrogen) atoms. The Morgan fingerprint density at radius 3 is 2.59 bits per heavy atom. The number of benzene rings is 1. The molecule has 1 atom stereocenters. The molecule has 0 fully saturated rings. The number of carboxylic acids is 1. The highest BCUT2D eigenvalue weighted by Gasteiger charge is 2.31. The Morgan fingerprint density at radius 2 is 2.00 bits per heavy atom. The number of amides is 1. The maximum absolute atomic E-state index is 11.2. The summed E-state index contributed by atoms with van der Waals surface area (Å²) in [5.41, 5.74) is 7.22. The lowest BCUT2D eigenvalue weighted by Gasteiger charge is -2.33. The quantitative estimate of drug-likeness (QED) is 0.770. The second-order valence-electron chi connectivity index (χ2n) is 4.20. The van der Waals surface area contributed by atoms with Gasteiger partial charge >= 0.3 is 5.97 Å². The zero-order valence-corrected chi connectivity index (χ0v) is 9.30. The molecule has 0 saturated carbocycles. The second-order valence-corrected chi connectivity index (χ2v) is 4.20. The molecular weight excluding hydrogens is 220 g/mol. The second kappa shape index (κ2) is 4.55. The van der Waals surface area contributed by atoms with Crippen molar-refractivity contribution >= 4 is 11.9 Å². The Morgan fingerprint density at radius 1 is 1.35 bits per heavy atom. The first-order chi connectivity index (χ1) is 8.08. The van der Waals surface area contributed by atoms with Crippen LogP contribution < -0.4 is 5.73 Å². The largest absolute Gasteiger partial charge is 0.480 e. The van der Waals surface area contributed by atoms with Crippen LogP contribution in [0.25, 0.3) is 0 Å². The number of hydrogen-bond donors (Lipinski definition) is 2. The van der Waals surface area contributed by atoms with Crippen molar-refractivity contribution in [2.24, 2.45) is 5.73 Å². The summed E-state index contributed by atoms with van der Waals surface area (Å²) in [5, 5.41) is 9.15. The fraction of sp³-hybridized carbons (Fsp3) is 0.333. The molecule has 1 aliphatic rings. The Balaban J connectivity index is 2.27. The summed E-state index contributed by atoms with van der Waals surface area (Å²) in [6.45, 7) is 0.432. The number of fused-ring (bicyclic) bond motifs is 1. The highest BCUT2D eigenvalue weighted by atomic mass is 16.4. The van der Waals surface area contributed by atoms with Gasteiger partial charge in [-0.1, -0.05) is 24.3 Å². The first kappa shape index (κ1) is 11.6. The molecule has 0 bridgehead atoms. The Kier molecular flexibility index (Phi) is 3.10. The topological polar surface area (TPSA) is 83.6 Å². The zero-order valence-electron chi connectivity index (χ0n) is 9.30. The summed E-state index contributed by atoms with van der Waals surface area (Å²) < 4.78 is 0. The van der Waals surface area contributed by atoms with Gasteiger partial charge in [-0.2, -0.15) is 0 Å². The maximum atomic E-state index is 11.2. The van der Waals surface area contributed by atoms with Crippen molar-refractivity contribution in [2.45, 2.75) is 19.0 Å². The van der Waals surface area contributed by atoms with Crippen LogP contribution in [0.5, 0.6) is 0 Å². The van der Waals surface area contributed by atoms with E-state index < -0.39 is 17.9 Å². The number of nitrogens with two attached hydrogens (primary N) is 1. The van der Waals surface area contributed by atoms with Gasteiger partial charge < -0.3 is 10.8 Å². The van der Waals surface area contributed by atoms with Crippen LogP contribution in [0.1, 0.15) is 11.1 Å². The molecule has 3 N–H and O–H groups in total. The predicted octanol–water partition coefficient (Wildman–Crippen LogP) is -0.0168. The molecule has 2 rings (SSSR count). The van der Waals surface area contributed by atoms with Crippen LogP contribution in [-0.2, 0) is 22.6 Å². The van der Waals surface area contributed by atoms with E-state index in [1.807, 2.05) is 24.3 Å². The number of carbonyl (C=O) groups excluding carboxylic acids is 1. The van der Waals surface area contributed by atoms with Gasteiger partial charge in [-0.3, -0.25) is 14.5 Å². The van der Waals surface area contributed by atoms with E-state index in [0.717, 1.165) is 11.1 Å². The molecule has 0 unspecified atom stereocenters. The van der Waals surface area contributed by atoms with Crippen LogP contribution in [0.15, 0.2) is 24.3 Å². The van der Waals surface area contributed by atoms with Crippen LogP contribution in [0, 0.1) is 0 Å². The summed E-state index contributed by atoms with van der Waals surface area (Å²) in [7, 11) is 0. The van der Waals surface area contributed by atoms with Crippen LogP contribution in [0.2, 0.25) is 0 Å². The number of aliphatic carboxylic acids is 1. The van der Waals surface area contributed by atoms with Crippen LogP contribution in [0.3, 0.4) is 0 Å². The number of primary amides is 1. The zero-order chi connectivity index (χ0) is 12.4.